The fourth-order valence-electron chi connectivity index (χ4n) is 2.52. The molecule has 0 amide bonds. The van der Waals surface area contributed by atoms with E-state index in [2.05, 4.69) is 35.3 Å². The van der Waals surface area contributed by atoms with Gasteiger partial charge in [-0.05, 0) is 37.9 Å². The van der Waals surface area contributed by atoms with Crippen molar-refractivity contribution >= 4 is 5.69 Å². The van der Waals surface area contributed by atoms with Crippen LogP contribution in [-0.4, -0.2) is 32.8 Å². The molecule has 3 heteroatoms. The lowest BCUT2D eigenvalue weighted by Crippen LogP contribution is -2.39. The Labute approximate surface area is 110 Å². The summed E-state index contributed by atoms with van der Waals surface area (Å²) < 4.78 is 5.30. The quantitative estimate of drug-likeness (QED) is 0.890. The first kappa shape index (κ1) is 13.2. The summed E-state index contributed by atoms with van der Waals surface area (Å²) in [4.78, 5) is 2.48. The molecule has 0 spiro atoms. The van der Waals surface area contributed by atoms with E-state index in [9.17, 15) is 0 Å². The van der Waals surface area contributed by atoms with Crippen LogP contribution in [0, 0.1) is 0 Å². The van der Waals surface area contributed by atoms with E-state index in [0.717, 1.165) is 25.4 Å². The van der Waals surface area contributed by atoms with Crippen molar-refractivity contribution in [1.29, 1.82) is 0 Å². The SMILES string of the molecule is CCC1CCN(c2cccc(OC)c2)CCCN1. The zero-order chi connectivity index (χ0) is 12.8. The molecule has 1 N–H and O–H groups in total. The summed E-state index contributed by atoms with van der Waals surface area (Å²) in [6, 6.07) is 9.06. The van der Waals surface area contributed by atoms with E-state index in [1.165, 1.54) is 24.9 Å². The number of nitrogens with one attached hydrogen (secondary N) is 1. The predicted octanol–water partition coefficient (Wildman–Crippen LogP) is 2.66. The standard InChI is InChI=1S/C15H24N2O/c1-3-13-8-11-17(10-5-9-16-13)14-6-4-7-15(12-14)18-2/h4,6-7,12-13,16H,3,5,8-11H2,1-2H3. The maximum Gasteiger partial charge on any atom is 0.120 e. The molecule has 3 nitrogen and oxygen atoms in total. The summed E-state index contributed by atoms with van der Waals surface area (Å²) in [6.45, 7) is 5.63. The molecule has 1 aromatic rings. The predicted molar refractivity (Wildman–Crippen MR) is 76.5 cm³/mol. The Morgan fingerprint density at radius 3 is 3.06 bits per heavy atom. The second kappa shape index (κ2) is 6.64. The topological polar surface area (TPSA) is 24.5 Å². The summed E-state index contributed by atoms with van der Waals surface area (Å²) >= 11 is 0. The Morgan fingerprint density at radius 1 is 1.39 bits per heavy atom. The Kier molecular flexibility index (Phi) is 4.88. The van der Waals surface area contributed by atoms with Crippen LogP contribution in [0.2, 0.25) is 0 Å². The molecule has 1 unspecified atom stereocenters. The molecule has 1 saturated heterocycles. The lowest BCUT2D eigenvalue weighted by molar-refractivity contribution is 0.414. The van der Waals surface area contributed by atoms with E-state index in [1.54, 1.807) is 7.11 Å². The van der Waals surface area contributed by atoms with Crippen molar-refractivity contribution in [3.63, 3.8) is 0 Å². The second-order valence-electron chi connectivity index (χ2n) is 4.89. The van der Waals surface area contributed by atoms with Gasteiger partial charge in [0.15, 0.2) is 0 Å². The van der Waals surface area contributed by atoms with Crippen molar-refractivity contribution in [3.8, 4) is 5.75 Å². The minimum absolute atomic E-state index is 0.665. The van der Waals surface area contributed by atoms with E-state index < -0.39 is 0 Å². The van der Waals surface area contributed by atoms with Crippen molar-refractivity contribution < 1.29 is 4.74 Å². The van der Waals surface area contributed by atoms with Crippen molar-refractivity contribution in [3.05, 3.63) is 24.3 Å². The van der Waals surface area contributed by atoms with Crippen LogP contribution in [0.25, 0.3) is 0 Å². The minimum atomic E-state index is 0.665. The van der Waals surface area contributed by atoms with Gasteiger partial charge in [-0.15, -0.1) is 0 Å². The maximum atomic E-state index is 5.30. The molecule has 2 rings (SSSR count). The summed E-state index contributed by atoms with van der Waals surface area (Å²) in [5.41, 5.74) is 1.28. The molecule has 1 aliphatic rings. The van der Waals surface area contributed by atoms with Crippen molar-refractivity contribution in [2.24, 2.45) is 0 Å². The van der Waals surface area contributed by atoms with Gasteiger partial charge in [-0.1, -0.05) is 13.0 Å². The Hall–Kier alpha value is -1.22. The maximum absolute atomic E-state index is 5.30. The van der Waals surface area contributed by atoms with Gasteiger partial charge in [0, 0.05) is 30.9 Å². The highest BCUT2D eigenvalue weighted by Gasteiger charge is 2.14. The van der Waals surface area contributed by atoms with Gasteiger partial charge in [-0.3, -0.25) is 0 Å². The van der Waals surface area contributed by atoms with Crippen LogP contribution in [0.3, 0.4) is 0 Å². The largest absolute Gasteiger partial charge is 0.497 e. The summed E-state index contributed by atoms with van der Waals surface area (Å²) in [5.74, 6) is 0.944. The molecule has 0 radical (unpaired) electrons. The molecule has 100 valence electrons. The van der Waals surface area contributed by atoms with E-state index >= 15 is 0 Å². The fraction of sp³-hybridized carbons (Fsp3) is 0.600. The lowest BCUT2D eigenvalue weighted by atomic mass is 10.1. The van der Waals surface area contributed by atoms with Gasteiger partial charge in [-0.2, -0.15) is 0 Å². The van der Waals surface area contributed by atoms with Gasteiger partial charge >= 0.3 is 0 Å². The molecular weight excluding hydrogens is 224 g/mol. The van der Waals surface area contributed by atoms with Gasteiger partial charge in [0.05, 0.1) is 7.11 Å². The first-order valence-corrected chi connectivity index (χ1v) is 6.96. The highest BCUT2D eigenvalue weighted by atomic mass is 16.5. The number of benzene rings is 1. The third kappa shape index (κ3) is 3.39. The molecule has 1 heterocycles. The first-order valence-electron chi connectivity index (χ1n) is 6.96. The number of rotatable bonds is 3. The Bertz CT molecular complexity index is 367. The van der Waals surface area contributed by atoms with Gasteiger partial charge in [0.25, 0.3) is 0 Å². The normalized spacial score (nSPS) is 21.2. The molecule has 0 bridgehead atoms. The number of nitrogens with zero attached hydrogens (tertiary/aromatic N) is 1. The van der Waals surface area contributed by atoms with Crippen LogP contribution < -0.4 is 15.0 Å². The smallest absolute Gasteiger partial charge is 0.120 e. The third-order valence-corrected chi connectivity index (χ3v) is 3.70. The molecule has 0 aliphatic carbocycles. The van der Waals surface area contributed by atoms with Gasteiger partial charge in [0.2, 0.25) is 0 Å². The van der Waals surface area contributed by atoms with E-state index in [1.807, 2.05) is 6.07 Å². The molecule has 1 aromatic carbocycles. The fourth-order valence-corrected chi connectivity index (χ4v) is 2.52. The lowest BCUT2D eigenvalue weighted by Gasteiger charge is -2.30. The van der Waals surface area contributed by atoms with Crippen LogP contribution in [0.1, 0.15) is 26.2 Å². The first-order chi connectivity index (χ1) is 8.83. The third-order valence-electron chi connectivity index (χ3n) is 3.70. The summed E-state index contributed by atoms with van der Waals surface area (Å²) in [6.07, 6.45) is 3.63. The molecule has 0 aromatic heterocycles. The van der Waals surface area contributed by atoms with E-state index in [0.29, 0.717) is 6.04 Å². The van der Waals surface area contributed by atoms with Crippen molar-refractivity contribution in [2.45, 2.75) is 32.2 Å². The summed E-state index contributed by atoms with van der Waals surface area (Å²) in [5, 5.41) is 3.61. The van der Waals surface area contributed by atoms with Gasteiger partial charge in [-0.25, -0.2) is 0 Å². The molecular formula is C15H24N2O. The summed E-state index contributed by atoms with van der Waals surface area (Å²) in [7, 11) is 1.73. The van der Waals surface area contributed by atoms with Crippen molar-refractivity contribution in [1.82, 2.24) is 5.32 Å². The average molecular weight is 248 g/mol. The van der Waals surface area contributed by atoms with E-state index in [4.69, 9.17) is 4.74 Å². The number of hydrogen-bond acceptors (Lipinski definition) is 3. The van der Waals surface area contributed by atoms with Crippen LogP contribution in [0.5, 0.6) is 5.75 Å². The zero-order valence-corrected chi connectivity index (χ0v) is 11.5. The highest BCUT2D eigenvalue weighted by molar-refractivity contribution is 5.50. The monoisotopic (exact) mass is 248 g/mol. The Balaban J connectivity index is 2.05. The van der Waals surface area contributed by atoms with Crippen LogP contribution >= 0.6 is 0 Å². The number of anilines is 1. The number of methoxy groups -OCH3 is 1. The zero-order valence-electron chi connectivity index (χ0n) is 11.5. The molecule has 0 saturated carbocycles. The van der Waals surface area contributed by atoms with Gasteiger partial charge < -0.3 is 15.0 Å². The second-order valence-corrected chi connectivity index (χ2v) is 4.89. The molecule has 1 fully saturated rings. The molecule has 1 atom stereocenters. The number of ether oxygens (including phenoxy) is 1. The van der Waals surface area contributed by atoms with Crippen molar-refractivity contribution in [2.75, 3.05) is 31.6 Å². The van der Waals surface area contributed by atoms with Crippen LogP contribution in [0.15, 0.2) is 24.3 Å². The molecule has 1 aliphatic heterocycles. The minimum Gasteiger partial charge on any atom is -0.497 e. The number of hydrogen-bond donors (Lipinski definition) is 1. The Morgan fingerprint density at radius 2 is 2.28 bits per heavy atom. The van der Waals surface area contributed by atoms with Crippen LogP contribution in [-0.2, 0) is 0 Å². The highest BCUT2D eigenvalue weighted by Crippen LogP contribution is 2.22. The molecule has 18 heavy (non-hydrogen) atoms. The average Bonchev–Trinajstić information content (AvgIpc) is 2.39. The van der Waals surface area contributed by atoms with Crippen LogP contribution in [0.4, 0.5) is 5.69 Å². The van der Waals surface area contributed by atoms with Gasteiger partial charge in [0.1, 0.15) is 5.75 Å². The van der Waals surface area contributed by atoms with E-state index in [-0.39, 0.29) is 0 Å².